The number of nitrogens with one attached hydrogen (secondary N) is 1. The van der Waals surface area contributed by atoms with E-state index >= 15 is 0 Å². The molecule has 1 heterocycles. The maximum atomic E-state index is 11.7. The van der Waals surface area contributed by atoms with Gasteiger partial charge in [0.25, 0.3) is 5.91 Å². The van der Waals surface area contributed by atoms with Gasteiger partial charge in [-0.05, 0) is 18.6 Å². The van der Waals surface area contributed by atoms with Gasteiger partial charge in [0.05, 0.1) is 12.7 Å². The van der Waals surface area contributed by atoms with E-state index in [0.717, 1.165) is 19.3 Å². The fourth-order valence-electron chi connectivity index (χ4n) is 1.43. The molecule has 0 fully saturated rings. The van der Waals surface area contributed by atoms with Crippen LogP contribution in [0.2, 0.25) is 0 Å². The molecule has 0 aromatic carbocycles. The molecule has 0 aliphatic heterocycles. The maximum Gasteiger partial charge on any atom is 0.339 e. The number of amides is 1. The summed E-state index contributed by atoms with van der Waals surface area (Å²) in [5.41, 5.74) is 0.638. The van der Waals surface area contributed by atoms with E-state index in [9.17, 15) is 9.59 Å². The van der Waals surface area contributed by atoms with Crippen molar-refractivity contribution in [3.63, 3.8) is 0 Å². The van der Waals surface area contributed by atoms with Gasteiger partial charge in [-0.3, -0.25) is 9.78 Å². The molecule has 1 N–H and O–H groups in total. The first-order valence-corrected chi connectivity index (χ1v) is 6.01. The second kappa shape index (κ2) is 7.42. The third-order valence-corrected chi connectivity index (χ3v) is 2.48. The van der Waals surface area contributed by atoms with Crippen LogP contribution in [-0.2, 0) is 4.74 Å². The van der Waals surface area contributed by atoms with Gasteiger partial charge >= 0.3 is 5.97 Å². The molecular formula is C13H18N2O3. The highest BCUT2D eigenvalue weighted by atomic mass is 16.5. The summed E-state index contributed by atoms with van der Waals surface area (Å²) in [4.78, 5) is 26.8. The highest BCUT2D eigenvalue weighted by Gasteiger charge is 2.09. The number of rotatable bonds is 6. The highest BCUT2D eigenvalue weighted by molar-refractivity contribution is 5.94. The lowest BCUT2D eigenvalue weighted by molar-refractivity contribution is 0.0599. The van der Waals surface area contributed by atoms with E-state index in [1.54, 1.807) is 0 Å². The molecule has 0 saturated heterocycles. The van der Waals surface area contributed by atoms with E-state index < -0.39 is 5.97 Å². The number of ether oxygens (including phenoxy) is 1. The quantitative estimate of drug-likeness (QED) is 0.617. The second-order valence-electron chi connectivity index (χ2n) is 3.89. The Labute approximate surface area is 107 Å². The smallest absolute Gasteiger partial charge is 0.339 e. The van der Waals surface area contributed by atoms with Crippen molar-refractivity contribution in [3.8, 4) is 0 Å². The van der Waals surface area contributed by atoms with E-state index in [2.05, 4.69) is 22.0 Å². The van der Waals surface area contributed by atoms with Crippen LogP contribution >= 0.6 is 0 Å². The number of aromatic nitrogens is 1. The predicted octanol–water partition coefficient (Wildman–Crippen LogP) is 1.79. The standard InChI is InChI=1S/C13H18N2O3/c1-3-4-5-8-14-12(16)11-7-6-10(9-15-11)13(17)18-2/h6-7,9H,3-5,8H2,1-2H3,(H,14,16). The molecule has 0 aliphatic carbocycles. The number of unbranched alkanes of at least 4 members (excludes halogenated alkanes) is 2. The molecule has 5 nitrogen and oxygen atoms in total. The first kappa shape index (κ1) is 14.2. The van der Waals surface area contributed by atoms with Crippen LogP contribution in [0.1, 0.15) is 47.0 Å². The van der Waals surface area contributed by atoms with Crippen LogP contribution in [-0.4, -0.2) is 30.5 Å². The summed E-state index contributed by atoms with van der Waals surface area (Å²) in [5, 5.41) is 2.78. The zero-order valence-electron chi connectivity index (χ0n) is 10.7. The fourth-order valence-corrected chi connectivity index (χ4v) is 1.43. The van der Waals surface area contributed by atoms with E-state index in [1.165, 1.54) is 25.4 Å². The van der Waals surface area contributed by atoms with Crippen LogP contribution < -0.4 is 5.32 Å². The molecule has 18 heavy (non-hydrogen) atoms. The molecule has 0 bridgehead atoms. The van der Waals surface area contributed by atoms with Crippen LogP contribution in [0, 0.1) is 0 Å². The Morgan fingerprint density at radius 1 is 1.33 bits per heavy atom. The molecule has 0 unspecified atom stereocenters. The van der Waals surface area contributed by atoms with Gasteiger partial charge in [0.1, 0.15) is 5.69 Å². The summed E-state index contributed by atoms with van der Waals surface area (Å²) in [6.07, 6.45) is 4.51. The van der Waals surface area contributed by atoms with Gasteiger partial charge in [-0.15, -0.1) is 0 Å². The minimum atomic E-state index is -0.461. The molecule has 5 heteroatoms. The number of hydrogen-bond acceptors (Lipinski definition) is 4. The van der Waals surface area contributed by atoms with Gasteiger partial charge in [-0.25, -0.2) is 4.79 Å². The topological polar surface area (TPSA) is 68.3 Å². The van der Waals surface area contributed by atoms with Crippen LogP contribution in [0.15, 0.2) is 18.3 Å². The molecule has 0 radical (unpaired) electrons. The molecule has 0 atom stereocenters. The molecule has 1 aromatic heterocycles. The Morgan fingerprint density at radius 2 is 2.11 bits per heavy atom. The van der Waals surface area contributed by atoms with Gasteiger partial charge in [0.15, 0.2) is 0 Å². The van der Waals surface area contributed by atoms with Crippen LogP contribution in [0.25, 0.3) is 0 Å². The normalized spacial score (nSPS) is 9.89. The summed E-state index contributed by atoms with van der Waals surface area (Å²) in [7, 11) is 1.30. The zero-order chi connectivity index (χ0) is 13.4. The second-order valence-corrected chi connectivity index (χ2v) is 3.89. The average Bonchev–Trinajstić information content (AvgIpc) is 2.42. The molecular weight excluding hydrogens is 232 g/mol. The zero-order valence-corrected chi connectivity index (χ0v) is 10.7. The van der Waals surface area contributed by atoms with Gasteiger partial charge in [0, 0.05) is 12.7 Å². The van der Waals surface area contributed by atoms with Crippen LogP contribution in [0.4, 0.5) is 0 Å². The molecule has 1 amide bonds. The number of hydrogen-bond donors (Lipinski definition) is 1. The molecule has 0 saturated carbocycles. The number of carbonyl (C=O) groups is 2. The molecule has 98 valence electrons. The third-order valence-electron chi connectivity index (χ3n) is 2.48. The third kappa shape index (κ3) is 4.16. The van der Waals surface area contributed by atoms with Crippen molar-refractivity contribution in [3.05, 3.63) is 29.6 Å². The van der Waals surface area contributed by atoms with Crippen molar-refractivity contribution in [2.75, 3.05) is 13.7 Å². The Kier molecular flexibility index (Phi) is 5.84. The molecule has 1 aromatic rings. The first-order valence-electron chi connectivity index (χ1n) is 6.01. The Morgan fingerprint density at radius 3 is 2.67 bits per heavy atom. The van der Waals surface area contributed by atoms with Crippen molar-refractivity contribution in [2.24, 2.45) is 0 Å². The summed E-state index contributed by atoms with van der Waals surface area (Å²) in [6, 6.07) is 3.04. The van der Waals surface area contributed by atoms with Crippen molar-refractivity contribution in [1.29, 1.82) is 0 Å². The largest absolute Gasteiger partial charge is 0.465 e. The van der Waals surface area contributed by atoms with E-state index in [0.29, 0.717) is 17.8 Å². The van der Waals surface area contributed by atoms with E-state index in [4.69, 9.17) is 0 Å². The monoisotopic (exact) mass is 250 g/mol. The predicted molar refractivity (Wildman–Crippen MR) is 67.4 cm³/mol. The summed E-state index contributed by atoms with van der Waals surface area (Å²) < 4.78 is 4.55. The lowest BCUT2D eigenvalue weighted by Crippen LogP contribution is -2.25. The number of nitrogens with zero attached hydrogens (tertiary/aromatic N) is 1. The Bertz CT molecular complexity index is 401. The van der Waals surface area contributed by atoms with Gasteiger partial charge in [0.2, 0.25) is 0 Å². The van der Waals surface area contributed by atoms with Crippen molar-refractivity contribution in [1.82, 2.24) is 10.3 Å². The number of pyridine rings is 1. The Hall–Kier alpha value is -1.91. The van der Waals surface area contributed by atoms with Crippen molar-refractivity contribution in [2.45, 2.75) is 26.2 Å². The summed E-state index contributed by atoms with van der Waals surface area (Å²) >= 11 is 0. The van der Waals surface area contributed by atoms with Crippen LogP contribution in [0.5, 0.6) is 0 Å². The van der Waals surface area contributed by atoms with Gasteiger partial charge in [-0.1, -0.05) is 19.8 Å². The minimum absolute atomic E-state index is 0.220. The maximum absolute atomic E-state index is 11.7. The first-order chi connectivity index (χ1) is 8.69. The van der Waals surface area contributed by atoms with E-state index in [1.807, 2.05) is 0 Å². The highest BCUT2D eigenvalue weighted by Crippen LogP contribution is 2.02. The summed E-state index contributed by atoms with van der Waals surface area (Å²) in [6.45, 7) is 2.75. The van der Waals surface area contributed by atoms with Crippen molar-refractivity contribution < 1.29 is 14.3 Å². The van der Waals surface area contributed by atoms with E-state index in [-0.39, 0.29) is 5.91 Å². The molecule has 0 spiro atoms. The number of esters is 1. The Balaban J connectivity index is 2.51. The summed E-state index contributed by atoms with van der Waals surface area (Å²) in [5.74, 6) is -0.681. The molecule has 0 aliphatic rings. The fraction of sp³-hybridized carbons (Fsp3) is 0.462. The average molecular weight is 250 g/mol. The molecule has 1 rings (SSSR count). The lowest BCUT2D eigenvalue weighted by Gasteiger charge is -2.04. The number of methoxy groups -OCH3 is 1. The van der Waals surface area contributed by atoms with Crippen molar-refractivity contribution >= 4 is 11.9 Å². The number of carbonyl (C=O) groups excluding carboxylic acids is 2. The van der Waals surface area contributed by atoms with Gasteiger partial charge in [-0.2, -0.15) is 0 Å². The SMILES string of the molecule is CCCCCNC(=O)c1ccc(C(=O)OC)cn1. The van der Waals surface area contributed by atoms with Crippen LogP contribution in [0.3, 0.4) is 0 Å². The lowest BCUT2D eigenvalue weighted by atomic mass is 10.2. The minimum Gasteiger partial charge on any atom is -0.465 e. The van der Waals surface area contributed by atoms with Gasteiger partial charge < -0.3 is 10.1 Å².